The van der Waals surface area contributed by atoms with Crippen LogP contribution in [0.15, 0.2) is 48.5 Å². The lowest BCUT2D eigenvalue weighted by atomic mass is 9.80. The van der Waals surface area contributed by atoms with Gasteiger partial charge < -0.3 is 5.73 Å². The first-order valence-corrected chi connectivity index (χ1v) is 8.14. The van der Waals surface area contributed by atoms with Crippen molar-refractivity contribution in [1.29, 1.82) is 0 Å². The first-order chi connectivity index (χ1) is 10.2. The van der Waals surface area contributed by atoms with Gasteiger partial charge in [-0.15, -0.1) is 0 Å². The highest BCUT2D eigenvalue weighted by Gasteiger charge is 2.19. The Morgan fingerprint density at radius 3 is 2.38 bits per heavy atom. The van der Waals surface area contributed by atoms with E-state index in [-0.39, 0.29) is 6.04 Å². The third kappa shape index (κ3) is 3.36. The molecule has 3 rings (SSSR count). The van der Waals surface area contributed by atoms with Crippen LogP contribution >= 0.6 is 0 Å². The van der Waals surface area contributed by atoms with Gasteiger partial charge >= 0.3 is 0 Å². The van der Waals surface area contributed by atoms with E-state index >= 15 is 0 Å². The molecule has 21 heavy (non-hydrogen) atoms. The lowest BCUT2D eigenvalue weighted by Crippen LogP contribution is -2.13. The number of aryl methyl sites for hydroxylation is 2. The van der Waals surface area contributed by atoms with Crippen molar-refractivity contribution in [3.8, 4) is 0 Å². The van der Waals surface area contributed by atoms with Crippen LogP contribution in [-0.4, -0.2) is 0 Å². The van der Waals surface area contributed by atoms with Gasteiger partial charge in [0.15, 0.2) is 0 Å². The Kier molecular flexibility index (Phi) is 4.40. The molecule has 0 bridgehead atoms. The lowest BCUT2D eigenvalue weighted by Gasteiger charge is -2.26. The highest BCUT2D eigenvalue weighted by atomic mass is 14.6. The van der Waals surface area contributed by atoms with Crippen molar-refractivity contribution in [2.75, 3.05) is 0 Å². The van der Waals surface area contributed by atoms with Gasteiger partial charge in [0.2, 0.25) is 0 Å². The molecule has 1 fully saturated rings. The van der Waals surface area contributed by atoms with Crippen molar-refractivity contribution in [3.05, 3.63) is 70.8 Å². The number of benzene rings is 2. The van der Waals surface area contributed by atoms with E-state index in [9.17, 15) is 0 Å². The fourth-order valence-electron chi connectivity index (χ4n) is 3.13. The third-order valence-corrected chi connectivity index (χ3v) is 4.93. The average Bonchev–Trinajstić information content (AvgIpc) is 2.45. The molecule has 0 heterocycles. The van der Waals surface area contributed by atoms with E-state index in [1.165, 1.54) is 41.5 Å². The molecular weight excluding hydrogens is 254 g/mol. The molecule has 2 aromatic rings. The van der Waals surface area contributed by atoms with Gasteiger partial charge in [-0.05, 0) is 60.8 Å². The summed E-state index contributed by atoms with van der Waals surface area (Å²) in [5, 5.41) is 0. The molecule has 1 saturated carbocycles. The molecule has 1 unspecified atom stereocenters. The van der Waals surface area contributed by atoms with Gasteiger partial charge in [0.1, 0.15) is 0 Å². The minimum Gasteiger partial charge on any atom is -0.324 e. The Labute approximate surface area is 128 Å². The summed E-state index contributed by atoms with van der Waals surface area (Å²) in [4.78, 5) is 0. The minimum absolute atomic E-state index is 0.139. The fourth-order valence-corrected chi connectivity index (χ4v) is 3.13. The van der Waals surface area contributed by atoms with Gasteiger partial charge in [-0.2, -0.15) is 0 Å². The predicted octanol–water partition coefficient (Wildman–Crippen LogP) is 4.90. The summed E-state index contributed by atoms with van der Waals surface area (Å²) in [5.74, 6) is 0.808. The van der Waals surface area contributed by atoms with Gasteiger partial charge in [0.25, 0.3) is 0 Å². The maximum atomic E-state index is 6.37. The van der Waals surface area contributed by atoms with Crippen LogP contribution < -0.4 is 5.73 Å². The van der Waals surface area contributed by atoms with Crippen LogP contribution in [0.5, 0.6) is 0 Å². The quantitative estimate of drug-likeness (QED) is 0.828. The topological polar surface area (TPSA) is 26.0 Å². The number of rotatable bonds is 5. The van der Waals surface area contributed by atoms with Crippen molar-refractivity contribution in [2.24, 2.45) is 5.73 Å². The maximum Gasteiger partial charge on any atom is 0.0298 e. The highest BCUT2D eigenvalue weighted by Crippen LogP contribution is 2.36. The molecule has 0 radical (unpaired) electrons. The first-order valence-electron chi connectivity index (χ1n) is 8.14. The van der Waals surface area contributed by atoms with Crippen LogP contribution in [0.4, 0.5) is 0 Å². The summed E-state index contributed by atoms with van der Waals surface area (Å²) >= 11 is 0. The van der Waals surface area contributed by atoms with E-state index in [0.717, 1.165) is 18.8 Å². The smallest absolute Gasteiger partial charge is 0.0298 e. The van der Waals surface area contributed by atoms with E-state index in [1.807, 2.05) is 0 Å². The second-order valence-corrected chi connectivity index (χ2v) is 6.37. The van der Waals surface area contributed by atoms with Gasteiger partial charge in [-0.25, -0.2) is 0 Å². The fraction of sp³-hybridized carbons (Fsp3) is 0.400. The Morgan fingerprint density at radius 2 is 1.76 bits per heavy atom. The first kappa shape index (κ1) is 14.3. The molecule has 0 aliphatic heterocycles. The molecule has 110 valence electrons. The van der Waals surface area contributed by atoms with Crippen molar-refractivity contribution in [2.45, 2.75) is 51.0 Å². The molecule has 2 N–H and O–H groups in total. The summed E-state index contributed by atoms with van der Waals surface area (Å²) in [6.45, 7) is 2.17. The van der Waals surface area contributed by atoms with Crippen LogP contribution in [0.25, 0.3) is 0 Å². The van der Waals surface area contributed by atoms with Gasteiger partial charge in [0.05, 0.1) is 0 Å². The minimum atomic E-state index is 0.139. The van der Waals surface area contributed by atoms with E-state index in [1.54, 1.807) is 0 Å². The molecule has 0 saturated heterocycles. The van der Waals surface area contributed by atoms with Crippen molar-refractivity contribution < 1.29 is 0 Å². The number of hydrogen-bond acceptors (Lipinski definition) is 1. The zero-order chi connectivity index (χ0) is 14.7. The van der Waals surface area contributed by atoms with E-state index in [0.29, 0.717) is 0 Å². The molecule has 0 spiro atoms. The normalized spacial score (nSPS) is 16.5. The summed E-state index contributed by atoms with van der Waals surface area (Å²) < 4.78 is 0. The summed E-state index contributed by atoms with van der Waals surface area (Å²) in [6.07, 6.45) is 6.17. The van der Waals surface area contributed by atoms with Crippen molar-refractivity contribution in [1.82, 2.24) is 0 Å². The van der Waals surface area contributed by atoms with Gasteiger partial charge in [-0.3, -0.25) is 0 Å². The monoisotopic (exact) mass is 279 g/mol. The number of nitrogens with two attached hydrogens (primary N) is 1. The molecule has 0 amide bonds. The second kappa shape index (κ2) is 6.44. The zero-order valence-corrected chi connectivity index (χ0v) is 12.9. The van der Waals surface area contributed by atoms with Crippen LogP contribution in [0.1, 0.15) is 59.9 Å². The largest absolute Gasteiger partial charge is 0.324 e. The van der Waals surface area contributed by atoms with Crippen LogP contribution in [0, 0.1) is 6.92 Å². The maximum absolute atomic E-state index is 6.37. The molecule has 1 aliphatic carbocycles. The summed E-state index contributed by atoms with van der Waals surface area (Å²) in [5.41, 5.74) is 11.9. The van der Waals surface area contributed by atoms with Gasteiger partial charge in [0, 0.05) is 6.04 Å². The molecule has 1 heteroatoms. The van der Waals surface area contributed by atoms with Crippen molar-refractivity contribution >= 4 is 0 Å². The Bertz CT molecular complexity index is 581. The SMILES string of the molecule is Cc1ccccc1CCC(N)c1ccc(C2CCC2)cc1. The summed E-state index contributed by atoms with van der Waals surface area (Å²) in [7, 11) is 0. The average molecular weight is 279 g/mol. The molecule has 0 aromatic heterocycles. The van der Waals surface area contributed by atoms with E-state index in [4.69, 9.17) is 5.73 Å². The van der Waals surface area contributed by atoms with E-state index < -0.39 is 0 Å². The standard InChI is InChI=1S/C20H25N/c1-15-5-2-3-6-16(15)13-14-20(21)19-11-9-18(10-12-19)17-7-4-8-17/h2-3,5-6,9-12,17,20H,4,7-8,13-14,21H2,1H3. The van der Waals surface area contributed by atoms with E-state index in [2.05, 4.69) is 55.5 Å². The summed E-state index contributed by atoms with van der Waals surface area (Å²) in [6, 6.07) is 17.8. The Balaban J connectivity index is 1.60. The van der Waals surface area contributed by atoms with Gasteiger partial charge in [-0.1, -0.05) is 55.0 Å². The second-order valence-electron chi connectivity index (χ2n) is 6.37. The third-order valence-electron chi connectivity index (χ3n) is 4.93. The zero-order valence-electron chi connectivity index (χ0n) is 12.9. The molecule has 2 aromatic carbocycles. The highest BCUT2D eigenvalue weighted by molar-refractivity contribution is 5.29. The predicted molar refractivity (Wildman–Crippen MR) is 89.5 cm³/mol. The van der Waals surface area contributed by atoms with Crippen molar-refractivity contribution in [3.63, 3.8) is 0 Å². The number of hydrogen-bond donors (Lipinski definition) is 1. The Morgan fingerprint density at radius 1 is 1.05 bits per heavy atom. The van der Waals surface area contributed by atoms with Crippen LogP contribution in [0.3, 0.4) is 0 Å². The van der Waals surface area contributed by atoms with Crippen LogP contribution in [-0.2, 0) is 6.42 Å². The molecule has 1 nitrogen and oxygen atoms in total. The molecule has 1 aliphatic rings. The Hall–Kier alpha value is -1.60. The van der Waals surface area contributed by atoms with Crippen LogP contribution in [0.2, 0.25) is 0 Å². The molecular formula is C20H25N. The molecule has 1 atom stereocenters. The lowest BCUT2D eigenvalue weighted by molar-refractivity contribution is 0.419.